The number of anilines is 1. The third-order valence-corrected chi connectivity index (χ3v) is 4.29. The first-order valence-electron chi connectivity index (χ1n) is 8.12. The van der Waals surface area contributed by atoms with E-state index in [-0.39, 0.29) is 24.2 Å². The van der Waals surface area contributed by atoms with Crippen molar-refractivity contribution in [2.75, 3.05) is 18.9 Å². The Bertz CT molecular complexity index is 540. The highest BCUT2D eigenvalue weighted by atomic mass is 16.2. The molecule has 1 saturated heterocycles. The summed E-state index contributed by atoms with van der Waals surface area (Å²) >= 11 is 0. The molecule has 1 aromatic rings. The van der Waals surface area contributed by atoms with Gasteiger partial charge in [-0.05, 0) is 36.5 Å². The number of nitrogens with zero attached hydrogens (tertiary/aromatic N) is 1. The number of nitrogens with one attached hydrogen (secondary N) is 1. The molecule has 1 aromatic carbocycles. The molecule has 1 atom stereocenters. The van der Waals surface area contributed by atoms with Crippen molar-refractivity contribution < 1.29 is 9.59 Å². The summed E-state index contributed by atoms with van der Waals surface area (Å²) < 4.78 is 0. The Morgan fingerprint density at radius 1 is 1.36 bits per heavy atom. The summed E-state index contributed by atoms with van der Waals surface area (Å²) in [7, 11) is 1.82. The van der Waals surface area contributed by atoms with Crippen LogP contribution in [0.25, 0.3) is 0 Å². The fourth-order valence-corrected chi connectivity index (χ4v) is 2.89. The van der Waals surface area contributed by atoms with Gasteiger partial charge < -0.3 is 10.2 Å². The van der Waals surface area contributed by atoms with E-state index in [0.717, 1.165) is 31.5 Å². The molecular formula is C18H26N2O2. The maximum absolute atomic E-state index is 12.2. The largest absolute Gasteiger partial charge is 0.346 e. The van der Waals surface area contributed by atoms with Gasteiger partial charge in [0.2, 0.25) is 11.8 Å². The van der Waals surface area contributed by atoms with Gasteiger partial charge in [0, 0.05) is 31.6 Å². The highest BCUT2D eigenvalue weighted by molar-refractivity contribution is 5.94. The zero-order chi connectivity index (χ0) is 16.1. The maximum atomic E-state index is 12.2. The normalized spacial score (nSPS) is 19.2. The molecule has 2 rings (SSSR count). The molecule has 0 spiro atoms. The zero-order valence-corrected chi connectivity index (χ0v) is 13.8. The van der Waals surface area contributed by atoms with E-state index in [9.17, 15) is 9.59 Å². The van der Waals surface area contributed by atoms with Gasteiger partial charge in [-0.1, -0.05) is 32.4 Å². The smallest absolute Gasteiger partial charge is 0.225 e. The number of carbonyl (C=O) groups excluding carboxylic acids is 2. The van der Waals surface area contributed by atoms with Gasteiger partial charge in [-0.3, -0.25) is 9.59 Å². The van der Waals surface area contributed by atoms with Crippen LogP contribution in [0.3, 0.4) is 0 Å². The minimum atomic E-state index is -0.180. The van der Waals surface area contributed by atoms with E-state index in [2.05, 4.69) is 25.2 Å². The van der Waals surface area contributed by atoms with Crippen LogP contribution in [0.2, 0.25) is 0 Å². The summed E-state index contributed by atoms with van der Waals surface area (Å²) in [6.07, 6.45) is 3.12. The molecule has 0 radical (unpaired) electrons. The first-order chi connectivity index (χ1) is 10.5. The topological polar surface area (TPSA) is 49.4 Å². The van der Waals surface area contributed by atoms with E-state index in [1.807, 2.05) is 25.2 Å². The molecule has 0 bridgehead atoms. The third kappa shape index (κ3) is 4.33. The Morgan fingerprint density at radius 2 is 2.14 bits per heavy atom. The van der Waals surface area contributed by atoms with Crippen molar-refractivity contribution in [1.82, 2.24) is 4.90 Å². The molecule has 1 fully saturated rings. The summed E-state index contributed by atoms with van der Waals surface area (Å²) in [4.78, 5) is 26.2. The maximum Gasteiger partial charge on any atom is 0.225 e. The Morgan fingerprint density at radius 3 is 2.86 bits per heavy atom. The lowest BCUT2D eigenvalue weighted by molar-refractivity contribution is -0.135. The Balaban J connectivity index is 1.97. The molecule has 120 valence electrons. The second kappa shape index (κ2) is 7.43. The van der Waals surface area contributed by atoms with E-state index in [4.69, 9.17) is 0 Å². The van der Waals surface area contributed by atoms with E-state index in [1.165, 1.54) is 5.56 Å². The third-order valence-electron chi connectivity index (χ3n) is 4.29. The van der Waals surface area contributed by atoms with Gasteiger partial charge in [-0.2, -0.15) is 0 Å². The highest BCUT2D eigenvalue weighted by Gasteiger charge is 2.26. The van der Waals surface area contributed by atoms with Crippen molar-refractivity contribution in [3.05, 3.63) is 29.8 Å². The molecule has 0 saturated carbocycles. The number of benzene rings is 1. The van der Waals surface area contributed by atoms with Crippen molar-refractivity contribution in [3.63, 3.8) is 0 Å². The molecule has 4 heteroatoms. The van der Waals surface area contributed by atoms with E-state index in [1.54, 1.807) is 4.90 Å². The lowest BCUT2D eigenvalue weighted by atomic mass is 9.98. The molecule has 1 aliphatic heterocycles. The van der Waals surface area contributed by atoms with Gasteiger partial charge in [0.05, 0.1) is 0 Å². The standard InChI is InChI=1S/C18H26N2O2/c1-13(2)14-8-6-9-16(11-14)19-17(21)12-15-7-4-5-10-20(3)18(15)22/h6,8-9,11,13,15H,4-5,7,10,12H2,1-3H3,(H,19,21). The first-order valence-corrected chi connectivity index (χ1v) is 8.12. The van der Waals surface area contributed by atoms with Crippen LogP contribution in [0.1, 0.15) is 51.0 Å². The molecule has 0 aliphatic carbocycles. The fraction of sp³-hybridized carbons (Fsp3) is 0.556. The average Bonchev–Trinajstić information content (AvgIpc) is 2.63. The zero-order valence-electron chi connectivity index (χ0n) is 13.8. The van der Waals surface area contributed by atoms with Gasteiger partial charge in [-0.15, -0.1) is 0 Å². The quantitative estimate of drug-likeness (QED) is 0.926. The van der Waals surface area contributed by atoms with Gasteiger partial charge in [0.15, 0.2) is 0 Å². The molecule has 4 nitrogen and oxygen atoms in total. The van der Waals surface area contributed by atoms with E-state index in [0.29, 0.717) is 5.92 Å². The summed E-state index contributed by atoms with van der Waals surface area (Å²) in [5.74, 6) is 0.271. The molecule has 1 heterocycles. The predicted octanol–water partition coefficient (Wildman–Crippen LogP) is 3.40. The number of likely N-dealkylation sites (tertiary alicyclic amines) is 1. The SMILES string of the molecule is CC(C)c1cccc(NC(=O)CC2CCCCN(C)C2=O)c1. The van der Waals surface area contributed by atoms with Crippen LogP contribution < -0.4 is 5.32 Å². The molecule has 1 unspecified atom stereocenters. The molecular weight excluding hydrogens is 276 g/mol. The van der Waals surface area contributed by atoms with Crippen LogP contribution in [-0.2, 0) is 9.59 Å². The van der Waals surface area contributed by atoms with Crippen LogP contribution in [-0.4, -0.2) is 30.3 Å². The van der Waals surface area contributed by atoms with Crippen LogP contribution in [0.5, 0.6) is 0 Å². The summed E-state index contributed by atoms with van der Waals surface area (Å²) in [5.41, 5.74) is 2.01. The summed E-state index contributed by atoms with van der Waals surface area (Å²) in [5, 5.41) is 2.93. The predicted molar refractivity (Wildman–Crippen MR) is 88.8 cm³/mol. The van der Waals surface area contributed by atoms with Crippen LogP contribution >= 0.6 is 0 Å². The van der Waals surface area contributed by atoms with E-state index >= 15 is 0 Å². The van der Waals surface area contributed by atoms with Gasteiger partial charge >= 0.3 is 0 Å². The molecule has 1 aliphatic rings. The number of hydrogen-bond acceptors (Lipinski definition) is 2. The fourth-order valence-electron chi connectivity index (χ4n) is 2.89. The minimum absolute atomic E-state index is 0.0745. The van der Waals surface area contributed by atoms with Crippen molar-refractivity contribution in [3.8, 4) is 0 Å². The summed E-state index contributed by atoms with van der Waals surface area (Å²) in [6.45, 7) is 5.05. The Hall–Kier alpha value is -1.84. The van der Waals surface area contributed by atoms with Crippen molar-refractivity contribution in [1.29, 1.82) is 0 Å². The van der Waals surface area contributed by atoms with Gasteiger partial charge in [-0.25, -0.2) is 0 Å². The molecule has 1 N–H and O–H groups in total. The van der Waals surface area contributed by atoms with E-state index < -0.39 is 0 Å². The van der Waals surface area contributed by atoms with Crippen molar-refractivity contribution in [2.45, 2.75) is 45.4 Å². The number of hydrogen-bond donors (Lipinski definition) is 1. The van der Waals surface area contributed by atoms with Gasteiger partial charge in [0.25, 0.3) is 0 Å². The highest BCUT2D eigenvalue weighted by Crippen LogP contribution is 2.22. The lowest BCUT2D eigenvalue weighted by Crippen LogP contribution is -2.33. The molecule has 2 amide bonds. The molecule has 22 heavy (non-hydrogen) atoms. The van der Waals surface area contributed by atoms with Crippen LogP contribution in [0.4, 0.5) is 5.69 Å². The average molecular weight is 302 g/mol. The second-order valence-corrected chi connectivity index (χ2v) is 6.48. The number of rotatable bonds is 4. The Kier molecular flexibility index (Phi) is 5.58. The van der Waals surface area contributed by atoms with Crippen molar-refractivity contribution >= 4 is 17.5 Å². The summed E-state index contributed by atoms with van der Waals surface area (Å²) in [6, 6.07) is 7.91. The van der Waals surface area contributed by atoms with Crippen molar-refractivity contribution in [2.24, 2.45) is 5.92 Å². The monoisotopic (exact) mass is 302 g/mol. The molecule has 0 aromatic heterocycles. The van der Waals surface area contributed by atoms with Crippen LogP contribution in [0, 0.1) is 5.92 Å². The number of carbonyl (C=O) groups is 2. The second-order valence-electron chi connectivity index (χ2n) is 6.48. The van der Waals surface area contributed by atoms with Gasteiger partial charge in [0.1, 0.15) is 0 Å². The lowest BCUT2D eigenvalue weighted by Gasteiger charge is -2.19. The van der Waals surface area contributed by atoms with Crippen LogP contribution in [0.15, 0.2) is 24.3 Å². The Labute approximate surface area is 132 Å². The number of amides is 2. The first kappa shape index (κ1) is 16.5. The minimum Gasteiger partial charge on any atom is -0.346 e.